The van der Waals surface area contributed by atoms with Gasteiger partial charge in [-0.05, 0) is 32.3 Å². The van der Waals surface area contributed by atoms with Crippen LogP contribution in [0.3, 0.4) is 0 Å². The number of rotatable bonds is 9. The SMILES string of the molecule is CCC(ON1CCCCC1)C(/C=C(C)/C=C/C(=O)C(C)C)CI. The summed E-state index contributed by atoms with van der Waals surface area (Å²) in [4.78, 5) is 18.0. The number of ketones is 1. The van der Waals surface area contributed by atoms with Gasteiger partial charge in [-0.2, -0.15) is 5.06 Å². The Balaban J connectivity index is 2.66. The lowest BCUT2D eigenvalue weighted by atomic mass is 9.99. The number of carbonyl (C=O) groups is 1. The Morgan fingerprint density at radius 3 is 2.39 bits per heavy atom. The molecule has 1 aliphatic rings. The van der Waals surface area contributed by atoms with Crippen LogP contribution < -0.4 is 0 Å². The number of alkyl halides is 1. The number of nitrogens with zero attached hydrogens (tertiary/aromatic N) is 1. The first-order valence-corrected chi connectivity index (χ1v) is 10.4. The molecule has 3 nitrogen and oxygen atoms in total. The molecule has 0 spiro atoms. The van der Waals surface area contributed by atoms with Gasteiger partial charge in [0.2, 0.25) is 0 Å². The molecule has 1 fully saturated rings. The number of piperidine rings is 1. The predicted molar refractivity (Wildman–Crippen MR) is 106 cm³/mol. The third-order valence-corrected chi connectivity index (χ3v) is 5.23. The molecule has 0 N–H and O–H groups in total. The molecule has 0 aromatic carbocycles. The molecule has 1 heterocycles. The average Bonchev–Trinajstić information content (AvgIpc) is 2.56. The van der Waals surface area contributed by atoms with E-state index in [0.29, 0.717) is 5.92 Å². The molecule has 0 aromatic heterocycles. The second-order valence-corrected chi connectivity index (χ2v) is 7.54. The minimum absolute atomic E-state index is 0.0604. The van der Waals surface area contributed by atoms with Crippen LogP contribution in [0.4, 0.5) is 0 Å². The third-order valence-electron chi connectivity index (χ3n) is 4.21. The second-order valence-electron chi connectivity index (χ2n) is 6.66. The van der Waals surface area contributed by atoms with Gasteiger partial charge < -0.3 is 0 Å². The Labute approximate surface area is 155 Å². The number of hydrogen-bond acceptors (Lipinski definition) is 3. The molecule has 1 aliphatic heterocycles. The Hall–Kier alpha value is -0.200. The van der Waals surface area contributed by atoms with Crippen LogP contribution in [-0.4, -0.2) is 34.5 Å². The van der Waals surface area contributed by atoms with Gasteiger partial charge in [-0.1, -0.05) is 67.5 Å². The Kier molecular flexibility index (Phi) is 10.3. The van der Waals surface area contributed by atoms with E-state index >= 15 is 0 Å². The van der Waals surface area contributed by atoms with Gasteiger partial charge in [0.15, 0.2) is 5.78 Å². The van der Waals surface area contributed by atoms with Crippen LogP contribution in [0.2, 0.25) is 0 Å². The minimum Gasteiger partial charge on any atom is -0.295 e. The lowest BCUT2D eigenvalue weighted by Gasteiger charge is -2.32. The van der Waals surface area contributed by atoms with Crippen molar-refractivity contribution < 1.29 is 9.63 Å². The third kappa shape index (κ3) is 7.94. The Morgan fingerprint density at radius 1 is 1.22 bits per heavy atom. The highest BCUT2D eigenvalue weighted by molar-refractivity contribution is 14.1. The largest absolute Gasteiger partial charge is 0.295 e. The van der Waals surface area contributed by atoms with Gasteiger partial charge in [0.1, 0.15) is 0 Å². The van der Waals surface area contributed by atoms with Crippen molar-refractivity contribution in [3.8, 4) is 0 Å². The highest BCUT2D eigenvalue weighted by Gasteiger charge is 2.22. The van der Waals surface area contributed by atoms with E-state index in [1.54, 1.807) is 6.08 Å². The van der Waals surface area contributed by atoms with E-state index in [1.807, 2.05) is 19.9 Å². The first kappa shape index (κ1) is 20.8. The fraction of sp³-hybridized carbons (Fsp3) is 0.737. The maximum atomic E-state index is 11.7. The van der Waals surface area contributed by atoms with Gasteiger partial charge in [-0.25, -0.2) is 0 Å². The minimum atomic E-state index is 0.0604. The normalized spacial score (nSPS) is 20.2. The summed E-state index contributed by atoms with van der Waals surface area (Å²) in [6.07, 6.45) is 10.9. The molecule has 0 aliphatic carbocycles. The average molecular weight is 433 g/mol. The van der Waals surface area contributed by atoms with Gasteiger partial charge in [-0.15, -0.1) is 0 Å². The Bertz CT molecular complexity index is 412. The van der Waals surface area contributed by atoms with E-state index in [-0.39, 0.29) is 17.8 Å². The zero-order chi connectivity index (χ0) is 17.2. The van der Waals surface area contributed by atoms with Crippen LogP contribution in [0.5, 0.6) is 0 Å². The summed E-state index contributed by atoms with van der Waals surface area (Å²) in [5.74, 6) is 0.618. The fourth-order valence-corrected chi connectivity index (χ4v) is 3.49. The standard InChI is InChI=1S/C19H32INO2/c1-5-19(23-21-11-7-6-8-12-21)17(14-20)13-16(4)9-10-18(22)15(2)3/h9-10,13,15,17,19H,5-8,11-12,14H2,1-4H3/b10-9+,16-13+. The van der Waals surface area contributed by atoms with E-state index in [9.17, 15) is 4.79 Å². The topological polar surface area (TPSA) is 29.5 Å². The molecule has 0 bridgehead atoms. The predicted octanol–water partition coefficient (Wildman–Crippen LogP) is 4.96. The monoisotopic (exact) mass is 433 g/mol. The molecular formula is C19H32INO2. The van der Waals surface area contributed by atoms with Crippen LogP contribution >= 0.6 is 22.6 Å². The summed E-state index contributed by atoms with van der Waals surface area (Å²) in [6.45, 7) is 10.2. The van der Waals surface area contributed by atoms with Crippen LogP contribution in [0.25, 0.3) is 0 Å². The molecule has 1 saturated heterocycles. The number of hydrogen-bond donors (Lipinski definition) is 0. The molecule has 1 rings (SSSR count). The van der Waals surface area contributed by atoms with Gasteiger partial charge in [-0.3, -0.25) is 9.63 Å². The molecule has 4 heteroatoms. The van der Waals surface area contributed by atoms with Crippen molar-refractivity contribution in [2.24, 2.45) is 11.8 Å². The summed E-state index contributed by atoms with van der Waals surface area (Å²) in [7, 11) is 0. The molecule has 0 amide bonds. The molecule has 2 unspecified atom stereocenters. The van der Waals surface area contributed by atoms with Crippen molar-refractivity contribution in [3.63, 3.8) is 0 Å². The van der Waals surface area contributed by atoms with Crippen LogP contribution in [-0.2, 0) is 9.63 Å². The number of hydroxylamine groups is 2. The van der Waals surface area contributed by atoms with E-state index in [4.69, 9.17) is 4.84 Å². The van der Waals surface area contributed by atoms with Gasteiger partial charge in [0.05, 0.1) is 6.10 Å². The molecule has 0 saturated carbocycles. The quantitative estimate of drug-likeness (QED) is 0.223. The highest BCUT2D eigenvalue weighted by Crippen LogP contribution is 2.21. The molecule has 23 heavy (non-hydrogen) atoms. The first-order valence-electron chi connectivity index (χ1n) is 8.86. The van der Waals surface area contributed by atoms with E-state index in [0.717, 1.165) is 29.5 Å². The maximum absolute atomic E-state index is 11.7. The second kappa shape index (κ2) is 11.4. The summed E-state index contributed by atoms with van der Waals surface area (Å²) < 4.78 is 1.02. The molecular weight excluding hydrogens is 401 g/mol. The Morgan fingerprint density at radius 2 is 1.87 bits per heavy atom. The van der Waals surface area contributed by atoms with Crippen LogP contribution in [0, 0.1) is 11.8 Å². The van der Waals surface area contributed by atoms with Gasteiger partial charge >= 0.3 is 0 Å². The number of carbonyl (C=O) groups excluding carboxylic acids is 1. The van der Waals surface area contributed by atoms with Crippen molar-refractivity contribution in [3.05, 3.63) is 23.8 Å². The zero-order valence-corrected chi connectivity index (χ0v) is 17.2. The fourth-order valence-electron chi connectivity index (χ4n) is 2.67. The first-order chi connectivity index (χ1) is 11.0. The van der Waals surface area contributed by atoms with Crippen molar-refractivity contribution in [1.82, 2.24) is 5.06 Å². The summed E-state index contributed by atoms with van der Waals surface area (Å²) in [5, 5.41) is 2.15. The number of allylic oxidation sites excluding steroid dienone is 3. The number of halogens is 1. The zero-order valence-electron chi connectivity index (χ0n) is 15.1. The van der Waals surface area contributed by atoms with E-state index < -0.39 is 0 Å². The van der Waals surface area contributed by atoms with Crippen molar-refractivity contribution in [2.45, 2.75) is 59.5 Å². The van der Waals surface area contributed by atoms with Crippen molar-refractivity contribution in [2.75, 3.05) is 17.5 Å². The molecule has 0 radical (unpaired) electrons. The smallest absolute Gasteiger partial charge is 0.158 e. The maximum Gasteiger partial charge on any atom is 0.158 e. The highest BCUT2D eigenvalue weighted by atomic mass is 127. The summed E-state index contributed by atoms with van der Waals surface area (Å²) in [6, 6.07) is 0. The van der Waals surface area contributed by atoms with Crippen LogP contribution in [0.15, 0.2) is 23.8 Å². The lowest BCUT2D eigenvalue weighted by molar-refractivity contribution is -0.213. The molecule has 0 aromatic rings. The van der Waals surface area contributed by atoms with Crippen molar-refractivity contribution in [1.29, 1.82) is 0 Å². The van der Waals surface area contributed by atoms with E-state index in [2.05, 4.69) is 47.6 Å². The summed E-state index contributed by atoms with van der Waals surface area (Å²) >= 11 is 2.43. The lowest BCUT2D eigenvalue weighted by Crippen LogP contribution is -2.37. The van der Waals surface area contributed by atoms with Crippen LogP contribution in [0.1, 0.15) is 53.4 Å². The van der Waals surface area contributed by atoms with E-state index in [1.165, 1.54) is 19.3 Å². The summed E-state index contributed by atoms with van der Waals surface area (Å²) in [5.41, 5.74) is 1.14. The van der Waals surface area contributed by atoms with Gasteiger partial charge in [0, 0.05) is 29.4 Å². The molecule has 132 valence electrons. The van der Waals surface area contributed by atoms with Crippen molar-refractivity contribution >= 4 is 28.4 Å². The molecule has 2 atom stereocenters. The van der Waals surface area contributed by atoms with Gasteiger partial charge in [0.25, 0.3) is 0 Å².